The molecule has 0 bridgehead atoms. The fourth-order valence-electron chi connectivity index (χ4n) is 2.13. The quantitative estimate of drug-likeness (QED) is 0.748. The molecule has 1 heterocycles. The Morgan fingerprint density at radius 1 is 1.22 bits per heavy atom. The molecular weight excluding hydrogens is 361 g/mol. The highest BCUT2D eigenvalue weighted by Crippen LogP contribution is 2.20. The van der Waals surface area contributed by atoms with Gasteiger partial charge >= 0.3 is 0 Å². The molecule has 0 atom stereocenters. The third kappa shape index (κ3) is 3.84. The van der Waals surface area contributed by atoms with Gasteiger partial charge in [-0.25, -0.2) is 4.39 Å². The van der Waals surface area contributed by atoms with Gasteiger partial charge < -0.3 is 5.32 Å². The molecule has 3 aromatic rings. The average molecular weight is 374 g/mol. The maximum absolute atomic E-state index is 13.7. The standard InChI is InChI=1S/C17H13BrFN3O/c18-14-6-7-16(15(19)10-14)21-17(23)13-4-2-12(3-5-13)11-22-9-1-8-20-22/h1-10H,11H2,(H,21,23). The molecule has 6 heteroatoms. The molecular formula is C17H13BrFN3O. The van der Waals surface area contributed by atoms with Crippen LogP contribution in [0.1, 0.15) is 15.9 Å². The maximum Gasteiger partial charge on any atom is 0.255 e. The highest BCUT2D eigenvalue weighted by molar-refractivity contribution is 9.10. The Morgan fingerprint density at radius 2 is 2.00 bits per heavy atom. The van der Waals surface area contributed by atoms with Crippen LogP contribution in [0.15, 0.2) is 65.4 Å². The Hall–Kier alpha value is -2.47. The molecule has 1 aromatic heterocycles. The van der Waals surface area contributed by atoms with E-state index in [1.54, 1.807) is 29.1 Å². The summed E-state index contributed by atoms with van der Waals surface area (Å²) < 4.78 is 16.2. The fraction of sp³-hybridized carbons (Fsp3) is 0.0588. The van der Waals surface area contributed by atoms with E-state index in [4.69, 9.17) is 0 Å². The van der Waals surface area contributed by atoms with E-state index in [-0.39, 0.29) is 11.6 Å². The first-order chi connectivity index (χ1) is 11.1. The van der Waals surface area contributed by atoms with Gasteiger partial charge in [-0.1, -0.05) is 28.1 Å². The number of anilines is 1. The zero-order chi connectivity index (χ0) is 16.2. The number of nitrogens with one attached hydrogen (secondary N) is 1. The van der Waals surface area contributed by atoms with Gasteiger partial charge in [0.05, 0.1) is 12.2 Å². The van der Waals surface area contributed by atoms with E-state index in [0.29, 0.717) is 16.6 Å². The second-order valence-electron chi connectivity index (χ2n) is 4.98. The van der Waals surface area contributed by atoms with Crippen molar-refractivity contribution in [3.05, 3.63) is 82.3 Å². The zero-order valence-corrected chi connectivity index (χ0v) is 13.6. The van der Waals surface area contributed by atoms with Gasteiger partial charge in [0.2, 0.25) is 0 Å². The molecule has 0 fully saturated rings. The number of carbonyl (C=O) groups excluding carboxylic acids is 1. The third-order valence-electron chi connectivity index (χ3n) is 3.30. The van der Waals surface area contributed by atoms with E-state index < -0.39 is 5.82 Å². The van der Waals surface area contributed by atoms with E-state index in [0.717, 1.165) is 5.56 Å². The number of hydrogen-bond acceptors (Lipinski definition) is 2. The average Bonchev–Trinajstić information content (AvgIpc) is 3.04. The van der Waals surface area contributed by atoms with Gasteiger partial charge in [-0.15, -0.1) is 0 Å². The van der Waals surface area contributed by atoms with Crippen LogP contribution in [0.2, 0.25) is 0 Å². The molecule has 23 heavy (non-hydrogen) atoms. The summed E-state index contributed by atoms with van der Waals surface area (Å²) in [4.78, 5) is 12.2. The van der Waals surface area contributed by atoms with Gasteiger partial charge in [0, 0.05) is 22.4 Å². The molecule has 1 amide bonds. The molecule has 116 valence electrons. The van der Waals surface area contributed by atoms with Crippen molar-refractivity contribution in [3.63, 3.8) is 0 Å². The Balaban J connectivity index is 1.70. The number of amides is 1. The number of aromatic nitrogens is 2. The van der Waals surface area contributed by atoms with Crippen LogP contribution in [-0.2, 0) is 6.54 Å². The minimum Gasteiger partial charge on any atom is -0.319 e. The van der Waals surface area contributed by atoms with Crippen molar-refractivity contribution in [2.45, 2.75) is 6.54 Å². The van der Waals surface area contributed by atoms with Crippen LogP contribution >= 0.6 is 15.9 Å². The van der Waals surface area contributed by atoms with Gasteiger partial charge in [-0.2, -0.15) is 5.10 Å². The highest BCUT2D eigenvalue weighted by Gasteiger charge is 2.09. The molecule has 4 nitrogen and oxygen atoms in total. The van der Waals surface area contributed by atoms with Gasteiger partial charge in [0.15, 0.2) is 0 Å². The lowest BCUT2D eigenvalue weighted by atomic mass is 10.1. The van der Waals surface area contributed by atoms with Crippen LogP contribution < -0.4 is 5.32 Å². The van der Waals surface area contributed by atoms with E-state index in [9.17, 15) is 9.18 Å². The first-order valence-electron chi connectivity index (χ1n) is 6.94. The molecule has 0 aliphatic carbocycles. The van der Waals surface area contributed by atoms with Crippen LogP contribution in [0.25, 0.3) is 0 Å². The minimum atomic E-state index is -0.483. The Morgan fingerprint density at radius 3 is 2.65 bits per heavy atom. The molecule has 0 saturated heterocycles. The molecule has 3 rings (SSSR count). The van der Waals surface area contributed by atoms with Crippen molar-refractivity contribution in [2.24, 2.45) is 0 Å². The molecule has 0 radical (unpaired) electrons. The highest BCUT2D eigenvalue weighted by atomic mass is 79.9. The summed E-state index contributed by atoms with van der Waals surface area (Å²) in [6.07, 6.45) is 3.59. The van der Waals surface area contributed by atoms with Gasteiger partial charge in [0.1, 0.15) is 5.82 Å². The predicted octanol–water partition coefficient (Wildman–Crippen LogP) is 4.09. The predicted molar refractivity (Wildman–Crippen MR) is 89.8 cm³/mol. The maximum atomic E-state index is 13.7. The van der Waals surface area contributed by atoms with Crippen molar-refractivity contribution >= 4 is 27.5 Å². The van der Waals surface area contributed by atoms with Crippen molar-refractivity contribution in [2.75, 3.05) is 5.32 Å². The normalized spacial score (nSPS) is 10.5. The van der Waals surface area contributed by atoms with Crippen LogP contribution in [-0.4, -0.2) is 15.7 Å². The van der Waals surface area contributed by atoms with Crippen molar-refractivity contribution in [1.29, 1.82) is 0 Å². The topological polar surface area (TPSA) is 46.9 Å². The molecule has 0 unspecified atom stereocenters. The molecule has 0 aliphatic rings. The van der Waals surface area contributed by atoms with Crippen molar-refractivity contribution in [3.8, 4) is 0 Å². The summed E-state index contributed by atoms with van der Waals surface area (Å²) in [5, 5.41) is 6.70. The number of rotatable bonds is 4. The lowest BCUT2D eigenvalue weighted by molar-refractivity contribution is 0.102. The minimum absolute atomic E-state index is 0.152. The van der Waals surface area contributed by atoms with E-state index in [1.807, 2.05) is 24.4 Å². The second kappa shape index (κ2) is 6.75. The first kappa shape index (κ1) is 15.4. The first-order valence-corrected chi connectivity index (χ1v) is 7.74. The van der Waals surface area contributed by atoms with E-state index >= 15 is 0 Å². The summed E-state index contributed by atoms with van der Waals surface area (Å²) in [5.74, 6) is -0.833. The largest absolute Gasteiger partial charge is 0.319 e. The number of carbonyl (C=O) groups is 1. The molecule has 0 saturated carbocycles. The molecule has 0 spiro atoms. The SMILES string of the molecule is O=C(Nc1ccc(Br)cc1F)c1ccc(Cn2cccn2)cc1. The monoisotopic (exact) mass is 373 g/mol. The second-order valence-corrected chi connectivity index (χ2v) is 5.89. The summed E-state index contributed by atoms with van der Waals surface area (Å²) in [6.45, 7) is 0.635. The lowest BCUT2D eigenvalue weighted by Crippen LogP contribution is -2.13. The van der Waals surface area contributed by atoms with Gasteiger partial charge in [0.25, 0.3) is 5.91 Å². The molecule has 0 aliphatic heterocycles. The molecule has 1 N–H and O–H groups in total. The Bertz CT molecular complexity index is 816. The third-order valence-corrected chi connectivity index (χ3v) is 3.79. The van der Waals surface area contributed by atoms with Crippen LogP contribution in [0.3, 0.4) is 0 Å². The summed E-state index contributed by atoms with van der Waals surface area (Å²) in [6, 6.07) is 13.5. The Kier molecular flexibility index (Phi) is 4.52. The fourth-order valence-corrected chi connectivity index (χ4v) is 2.46. The van der Waals surface area contributed by atoms with E-state index in [1.165, 1.54) is 12.1 Å². The lowest BCUT2D eigenvalue weighted by Gasteiger charge is -2.08. The number of halogens is 2. The van der Waals surface area contributed by atoms with Gasteiger partial charge in [-0.3, -0.25) is 9.48 Å². The van der Waals surface area contributed by atoms with Crippen LogP contribution in [0.5, 0.6) is 0 Å². The Labute approximate surface area is 141 Å². The summed E-state index contributed by atoms with van der Waals surface area (Å²) >= 11 is 3.18. The van der Waals surface area contributed by atoms with E-state index in [2.05, 4.69) is 26.3 Å². The van der Waals surface area contributed by atoms with Crippen LogP contribution in [0.4, 0.5) is 10.1 Å². The van der Waals surface area contributed by atoms with Gasteiger partial charge in [-0.05, 0) is 42.0 Å². The summed E-state index contributed by atoms with van der Waals surface area (Å²) in [7, 11) is 0. The summed E-state index contributed by atoms with van der Waals surface area (Å²) in [5.41, 5.74) is 1.65. The molecule has 2 aromatic carbocycles. The van der Waals surface area contributed by atoms with Crippen molar-refractivity contribution in [1.82, 2.24) is 9.78 Å². The zero-order valence-electron chi connectivity index (χ0n) is 12.0. The van der Waals surface area contributed by atoms with Crippen molar-refractivity contribution < 1.29 is 9.18 Å². The van der Waals surface area contributed by atoms with Crippen LogP contribution in [0, 0.1) is 5.82 Å². The smallest absolute Gasteiger partial charge is 0.255 e. The number of benzene rings is 2. The number of nitrogens with zero attached hydrogens (tertiary/aromatic N) is 2. The number of hydrogen-bond donors (Lipinski definition) is 1.